The molecule has 0 aliphatic carbocycles. The number of carbonyl (C=O) groups is 1. The second-order valence-corrected chi connectivity index (χ2v) is 5.29. The van der Waals surface area contributed by atoms with Crippen LogP contribution in [0, 0.1) is 0 Å². The lowest BCUT2D eigenvalue weighted by atomic mass is 10.2. The quantitative estimate of drug-likeness (QED) is 0.711. The van der Waals surface area contributed by atoms with E-state index >= 15 is 0 Å². The zero-order chi connectivity index (χ0) is 14.6. The van der Waals surface area contributed by atoms with Crippen LogP contribution in [0.15, 0.2) is 18.2 Å². The summed E-state index contributed by atoms with van der Waals surface area (Å²) < 4.78 is 37.2. The van der Waals surface area contributed by atoms with Gasteiger partial charge in [0.15, 0.2) is 0 Å². The van der Waals surface area contributed by atoms with Gasteiger partial charge in [0, 0.05) is 16.9 Å². The second kappa shape index (κ2) is 6.81. The van der Waals surface area contributed by atoms with Crippen LogP contribution in [0.4, 0.5) is 13.2 Å². The van der Waals surface area contributed by atoms with Crippen molar-refractivity contribution in [3.05, 3.63) is 33.8 Å². The summed E-state index contributed by atoms with van der Waals surface area (Å²) in [5.74, 6) is -0.779. The highest BCUT2D eigenvalue weighted by Gasteiger charge is 2.33. The Labute approximate surface area is 126 Å². The number of nitrogens with zero attached hydrogens (tertiary/aromatic N) is 1. The van der Waals surface area contributed by atoms with Gasteiger partial charge in [0.1, 0.15) is 6.54 Å². The number of hydrogen-bond acceptors (Lipinski definition) is 1. The summed E-state index contributed by atoms with van der Waals surface area (Å²) in [4.78, 5) is 12.7. The standard InChI is InChI=1S/C11H9BrCl2F3NO/c12-3-4-18(6-11(15,16)17)10(19)8-2-1-7(13)5-9(8)14/h1-2,5H,3-4,6H2. The van der Waals surface area contributed by atoms with Crippen molar-refractivity contribution in [2.75, 3.05) is 18.4 Å². The highest BCUT2D eigenvalue weighted by molar-refractivity contribution is 9.09. The largest absolute Gasteiger partial charge is 0.406 e. The minimum absolute atomic E-state index is 0.00346. The first-order chi connectivity index (χ1) is 8.74. The van der Waals surface area contributed by atoms with Gasteiger partial charge >= 0.3 is 6.18 Å². The maximum absolute atomic E-state index is 12.4. The number of hydrogen-bond donors (Lipinski definition) is 0. The maximum atomic E-state index is 12.4. The van der Waals surface area contributed by atoms with Crippen molar-refractivity contribution in [1.82, 2.24) is 4.90 Å². The van der Waals surface area contributed by atoms with Gasteiger partial charge in [-0.2, -0.15) is 13.2 Å². The Morgan fingerprint density at radius 2 is 1.95 bits per heavy atom. The normalized spacial score (nSPS) is 11.5. The third kappa shape index (κ3) is 5.20. The molecule has 1 aromatic rings. The summed E-state index contributed by atoms with van der Waals surface area (Å²) in [5.41, 5.74) is -0.00346. The summed E-state index contributed by atoms with van der Waals surface area (Å²) in [5, 5.41) is 0.573. The first-order valence-corrected chi connectivity index (χ1v) is 6.99. The van der Waals surface area contributed by atoms with Gasteiger partial charge < -0.3 is 4.90 Å². The zero-order valence-corrected chi connectivity index (χ0v) is 12.6. The van der Waals surface area contributed by atoms with Crippen LogP contribution in [-0.4, -0.2) is 35.4 Å². The van der Waals surface area contributed by atoms with E-state index in [0.29, 0.717) is 9.92 Å². The van der Waals surface area contributed by atoms with E-state index < -0.39 is 18.6 Å². The van der Waals surface area contributed by atoms with Crippen LogP contribution >= 0.6 is 39.1 Å². The monoisotopic (exact) mass is 377 g/mol. The molecule has 0 fully saturated rings. The van der Waals surface area contributed by atoms with E-state index in [2.05, 4.69) is 15.9 Å². The minimum atomic E-state index is -4.46. The molecule has 1 aromatic carbocycles. The molecule has 2 nitrogen and oxygen atoms in total. The van der Waals surface area contributed by atoms with E-state index in [0.717, 1.165) is 0 Å². The topological polar surface area (TPSA) is 20.3 Å². The Morgan fingerprint density at radius 1 is 1.32 bits per heavy atom. The number of alkyl halides is 4. The SMILES string of the molecule is O=C(c1ccc(Cl)cc1Cl)N(CCBr)CC(F)(F)F. The van der Waals surface area contributed by atoms with E-state index in [1.807, 2.05) is 0 Å². The number of carbonyl (C=O) groups excluding carboxylic acids is 1. The van der Waals surface area contributed by atoms with Crippen molar-refractivity contribution < 1.29 is 18.0 Å². The van der Waals surface area contributed by atoms with Gasteiger partial charge in [0.25, 0.3) is 5.91 Å². The molecule has 1 rings (SSSR count). The summed E-state index contributed by atoms with van der Waals surface area (Å²) in [6.07, 6.45) is -4.46. The maximum Gasteiger partial charge on any atom is 0.406 e. The van der Waals surface area contributed by atoms with Crippen LogP contribution in [0.2, 0.25) is 10.0 Å². The predicted octanol–water partition coefficient (Wildman–Crippen LogP) is 4.39. The first kappa shape index (κ1) is 16.6. The van der Waals surface area contributed by atoms with Crippen molar-refractivity contribution in [1.29, 1.82) is 0 Å². The Kier molecular flexibility index (Phi) is 5.95. The molecule has 8 heteroatoms. The molecular weight excluding hydrogens is 370 g/mol. The predicted molar refractivity (Wildman–Crippen MR) is 72.2 cm³/mol. The minimum Gasteiger partial charge on any atom is -0.329 e. The van der Waals surface area contributed by atoms with Crippen molar-refractivity contribution in [3.8, 4) is 0 Å². The van der Waals surface area contributed by atoms with Gasteiger partial charge in [0.05, 0.1) is 10.6 Å². The summed E-state index contributed by atoms with van der Waals surface area (Å²) in [7, 11) is 0. The molecule has 0 saturated heterocycles. The Hall–Kier alpha value is -0.460. The fraction of sp³-hybridized carbons (Fsp3) is 0.364. The fourth-order valence-electron chi connectivity index (χ4n) is 1.40. The average Bonchev–Trinajstić information content (AvgIpc) is 2.26. The molecule has 0 radical (unpaired) electrons. The van der Waals surface area contributed by atoms with E-state index in [1.165, 1.54) is 18.2 Å². The van der Waals surface area contributed by atoms with E-state index in [-0.39, 0.29) is 22.5 Å². The smallest absolute Gasteiger partial charge is 0.329 e. The highest BCUT2D eigenvalue weighted by Crippen LogP contribution is 2.24. The molecule has 0 spiro atoms. The molecule has 0 aliphatic rings. The molecule has 0 saturated carbocycles. The van der Waals surface area contributed by atoms with Crippen LogP contribution in [-0.2, 0) is 0 Å². The van der Waals surface area contributed by atoms with E-state index in [1.54, 1.807) is 0 Å². The molecule has 0 heterocycles. The second-order valence-electron chi connectivity index (χ2n) is 3.66. The lowest BCUT2D eigenvalue weighted by Gasteiger charge is -2.23. The number of amides is 1. The lowest BCUT2D eigenvalue weighted by molar-refractivity contribution is -0.140. The Bertz CT molecular complexity index is 468. The molecule has 0 N–H and O–H groups in total. The summed E-state index contributed by atoms with van der Waals surface area (Å²) in [6.45, 7) is -1.40. The van der Waals surface area contributed by atoms with Crippen LogP contribution < -0.4 is 0 Å². The number of halogens is 6. The summed E-state index contributed by atoms with van der Waals surface area (Å²) >= 11 is 14.5. The lowest BCUT2D eigenvalue weighted by Crippen LogP contribution is -2.40. The molecular formula is C11H9BrCl2F3NO. The molecule has 0 unspecified atom stereocenters. The highest BCUT2D eigenvalue weighted by atomic mass is 79.9. The van der Waals surface area contributed by atoms with Gasteiger partial charge in [-0.1, -0.05) is 39.1 Å². The Balaban J connectivity index is 2.99. The van der Waals surface area contributed by atoms with Crippen molar-refractivity contribution in [3.63, 3.8) is 0 Å². The molecule has 0 aliphatic heterocycles. The van der Waals surface area contributed by atoms with E-state index in [4.69, 9.17) is 23.2 Å². The van der Waals surface area contributed by atoms with Gasteiger partial charge in [0.2, 0.25) is 0 Å². The van der Waals surface area contributed by atoms with Gasteiger partial charge in [-0.3, -0.25) is 4.79 Å². The van der Waals surface area contributed by atoms with Gasteiger partial charge in [-0.15, -0.1) is 0 Å². The number of benzene rings is 1. The van der Waals surface area contributed by atoms with Crippen molar-refractivity contribution in [2.24, 2.45) is 0 Å². The molecule has 0 bridgehead atoms. The Morgan fingerprint density at radius 3 is 2.42 bits per heavy atom. The molecule has 0 aromatic heterocycles. The van der Waals surface area contributed by atoms with Crippen LogP contribution in [0.5, 0.6) is 0 Å². The summed E-state index contributed by atoms with van der Waals surface area (Å²) in [6, 6.07) is 4.03. The van der Waals surface area contributed by atoms with Crippen molar-refractivity contribution >= 4 is 45.0 Å². The zero-order valence-electron chi connectivity index (χ0n) is 9.48. The molecule has 1 amide bonds. The average molecular weight is 379 g/mol. The van der Waals surface area contributed by atoms with Crippen LogP contribution in [0.3, 0.4) is 0 Å². The first-order valence-electron chi connectivity index (χ1n) is 5.11. The van der Waals surface area contributed by atoms with Gasteiger partial charge in [-0.25, -0.2) is 0 Å². The molecule has 19 heavy (non-hydrogen) atoms. The molecule has 0 atom stereocenters. The number of rotatable bonds is 4. The third-order valence-corrected chi connectivity index (χ3v) is 3.08. The molecule has 106 valence electrons. The van der Waals surface area contributed by atoms with Gasteiger partial charge in [-0.05, 0) is 18.2 Å². The van der Waals surface area contributed by atoms with E-state index in [9.17, 15) is 18.0 Å². The van der Waals surface area contributed by atoms with Crippen LogP contribution in [0.1, 0.15) is 10.4 Å². The van der Waals surface area contributed by atoms with Crippen LogP contribution in [0.25, 0.3) is 0 Å². The fourth-order valence-corrected chi connectivity index (χ4v) is 2.32. The third-order valence-electron chi connectivity index (χ3n) is 2.17. The van der Waals surface area contributed by atoms with Crippen molar-refractivity contribution in [2.45, 2.75) is 6.18 Å².